The first-order valence-electron chi connectivity index (χ1n) is 6.56. The van der Waals surface area contributed by atoms with Crippen molar-refractivity contribution in [3.8, 4) is 0 Å². The van der Waals surface area contributed by atoms with E-state index in [4.69, 9.17) is 23.2 Å². The van der Waals surface area contributed by atoms with Crippen molar-refractivity contribution in [2.24, 2.45) is 0 Å². The molecule has 0 N–H and O–H groups in total. The van der Waals surface area contributed by atoms with E-state index in [1.54, 1.807) is 17.8 Å². The van der Waals surface area contributed by atoms with Crippen LogP contribution < -0.4 is 0 Å². The van der Waals surface area contributed by atoms with E-state index in [-0.39, 0.29) is 0 Å². The molecule has 0 radical (unpaired) electrons. The number of rotatable bonds is 3. The fourth-order valence-electron chi connectivity index (χ4n) is 2.44. The van der Waals surface area contributed by atoms with Gasteiger partial charge in [-0.2, -0.15) is 0 Å². The van der Waals surface area contributed by atoms with Gasteiger partial charge < -0.3 is 0 Å². The number of benzene rings is 1. The fourth-order valence-corrected chi connectivity index (χ4v) is 3.90. The maximum Gasteiger partial charge on any atom is 0.188 e. The molecule has 0 fully saturated rings. The number of hydrogen-bond donors (Lipinski definition) is 0. The zero-order valence-electron chi connectivity index (χ0n) is 11.1. The van der Waals surface area contributed by atoms with Crippen molar-refractivity contribution in [2.45, 2.75) is 37.1 Å². The monoisotopic (exact) mass is 324 g/mol. The minimum atomic E-state index is 0.661. The molecule has 0 aliphatic heterocycles. The summed E-state index contributed by atoms with van der Waals surface area (Å²) in [6.45, 7) is 2.07. The molecule has 0 amide bonds. The maximum atomic E-state index is 6.18. The molecule has 0 saturated carbocycles. The Labute approximate surface area is 132 Å². The second-order valence-corrected chi connectivity index (χ2v) is 6.68. The lowest BCUT2D eigenvalue weighted by Crippen LogP contribution is -1.99. The predicted molar refractivity (Wildman–Crippen MR) is 84.8 cm³/mol. The van der Waals surface area contributed by atoms with Crippen LogP contribution in [0.1, 0.15) is 28.9 Å². The Kier molecular flexibility index (Phi) is 4.20. The summed E-state index contributed by atoms with van der Waals surface area (Å²) in [5, 5.41) is 2.20. The fraction of sp³-hybridized carbons (Fsp3) is 0.333. The molecule has 0 bridgehead atoms. The highest BCUT2D eigenvalue weighted by Gasteiger charge is 2.17. The van der Waals surface area contributed by atoms with Crippen LogP contribution in [0.15, 0.2) is 23.4 Å². The second-order valence-electron chi connectivity index (χ2n) is 4.89. The van der Waals surface area contributed by atoms with Crippen molar-refractivity contribution < 1.29 is 0 Å². The van der Waals surface area contributed by atoms with E-state index in [1.165, 1.54) is 17.7 Å². The van der Waals surface area contributed by atoms with E-state index in [9.17, 15) is 0 Å². The minimum Gasteiger partial charge on any atom is -0.228 e. The molecule has 104 valence electrons. The molecule has 1 aliphatic rings. The second kappa shape index (κ2) is 5.92. The number of fused-ring (bicyclic) bond motifs is 1. The van der Waals surface area contributed by atoms with Crippen LogP contribution in [0.25, 0.3) is 0 Å². The van der Waals surface area contributed by atoms with Crippen molar-refractivity contribution in [3.05, 3.63) is 50.8 Å². The van der Waals surface area contributed by atoms with Gasteiger partial charge in [-0.25, -0.2) is 9.97 Å². The highest BCUT2D eigenvalue weighted by atomic mass is 35.5. The number of aryl methyl sites for hydroxylation is 2. The van der Waals surface area contributed by atoms with Gasteiger partial charge in [0, 0.05) is 27.2 Å². The molecule has 2 nitrogen and oxygen atoms in total. The molecule has 3 rings (SSSR count). The van der Waals surface area contributed by atoms with Gasteiger partial charge in [-0.1, -0.05) is 41.0 Å². The quantitative estimate of drug-likeness (QED) is 0.594. The predicted octanol–water partition coefficient (Wildman–Crippen LogP) is 4.87. The van der Waals surface area contributed by atoms with Crippen molar-refractivity contribution in [1.82, 2.24) is 9.97 Å². The molecule has 0 spiro atoms. The molecule has 1 heterocycles. The largest absolute Gasteiger partial charge is 0.228 e. The topological polar surface area (TPSA) is 25.8 Å². The zero-order valence-corrected chi connectivity index (χ0v) is 13.4. The van der Waals surface area contributed by atoms with Crippen molar-refractivity contribution >= 4 is 35.0 Å². The molecule has 20 heavy (non-hydrogen) atoms. The van der Waals surface area contributed by atoms with Gasteiger partial charge >= 0.3 is 0 Å². The van der Waals surface area contributed by atoms with E-state index in [2.05, 4.69) is 16.9 Å². The van der Waals surface area contributed by atoms with E-state index < -0.39 is 0 Å². The van der Waals surface area contributed by atoms with E-state index in [0.29, 0.717) is 10.0 Å². The first-order chi connectivity index (χ1) is 9.63. The van der Waals surface area contributed by atoms with E-state index in [0.717, 1.165) is 35.0 Å². The van der Waals surface area contributed by atoms with Crippen molar-refractivity contribution in [1.29, 1.82) is 0 Å². The first-order valence-corrected chi connectivity index (χ1v) is 8.31. The lowest BCUT2D eigenvalue weighted by Gasteiger charge is -2.07. The minimum absolute atomic E-state index is 0.661. The molecule has 1 aliphatic carbocycles. The van der Waals surface area contributed by atoms with E-state index in [1.807, 2.05) is 12.1 Å². The van der Waals surface area contributed by atoms with Crippen molar-refractivity contribution in [3.63, 3.8) is 0 Å². The number of halogens is 2. The summed E-state index contributed by atoms with van der Waals surface area (Å²) in [7, 11) is 0. The number of nitrogens with zero attached hydrogens (tertiary/aromatic N) is 2. The van der Waals surface area contributed by atoms with Crippen LogP contribution >= 0.6 is 35.0 Å². The molecule has 2 aromatic rings. The van der Waals surface area contributed by atoms with Gasteiger partial charge in [0.2, 0.25) is 0 Å². The number of aromatic nitrogens is 2. The van der Waals surface area contributed by atoms with Crippen LogP contribution in [0.4, 0.5) is 0 Å². The van der Waals surface area contributed by atoms with Crippen LogP contribution in [0.5, 0.6) is 0 Å². The Morgan fingerprint density at radius 3 is 2.85 bits per heavy atom. The van der Waals surface area contributed by atoms with Gasteiger partial charge in [0.1, 0.15) is 0 Å². The Morgan fingerprint density at radius 1 is 1.20 bits per heavy atom. The Balaban J connectivity index is 1.77. The van der Waals surface area contributed by atoms with Gasteiger partial charge in [-0.05, 0) is 49.4 Å². The summed E-state index contributed by atoms with van der Waals surface area (Å²) in [5.74, 6) is 0.758. The SMILES string of the molecule is Cc1nc(SCc2ccc(Cl)cc2Cl)nc2c1CCC2. The van der Waals surface area contributed by atoms with Gasteiger partial charge in [-0.3, -0.25) is 0 Å². The first kappa shape index (κ1) is 14.2. The van der Waals surface area contributed by atoms with Crippen LogP contribution in [-0.2, 0) is 18.6 Å². The third-order valence-corrected chi connectivity index (χ3v) is 4.97. The Morgan fingerprint density at radius 2 is 2.05 bits per heavy atom. The van der Waals surface area contributed by atoms with Crippen LogP contribution in [-0.4, -0.2) is 9.97 Å². The molecular weight excluding hydrogens is 311 g/mol. The normalized spacial score (nSPS) is 13.6. The summed E-state index contributed by atoms with van der Waals surface area (Å²) in [5.41, 5.74) is 4.75. The van der Waals surface area contributed by atoms with Crippen LogP contribution in [0.3, 0.4) is 0 Å². The Hall–Kier alpha value is -0.770. The smallest absolute Gasteiger partial charge is 0.188 e. The summed E-state index contributed by atoms with van der Waals surface area (Å²) in [6.07, 6.45) is 3.39. The highest BCUT2D eigenvalue weighted by molar-refractivity contribution is 7.98. The third kappa shape index (κ3) is 2.95. The molecule has 0 saturated heterocycles. The summed E-state index contributed by atoms with van der Waals surface area (Å²) < 4.78 is 0. The van der Waals surface area contributed by atoms with Crippen molar-refractivity contribution in [2.75, 3.05) is 0 Å². The molecule has 5 heteroatoms. The summed E-state index contributed by atoms with van der Waals surface area (Å²) in [4.78, 5) is 9.25. The average Bonchev–Trinajstić information content (AvgIpc) is 2.86. The lowest BCUT2D eigenvalue weighted by atomic mass is 10.2. The average molecular weight is 325 g/mol. The summed E-state index contributed by atoms with van der Waals surface area (Å²) in [6, 6.07) is 5.59. The maximum absolute atomic E-state index is 6.18. The zero-order chi connectivity index (χ0) is 14.1. The summed E-state index contributed by atoms with van der Waals surface area (Å²) >= 11 is 13.7. The Bertz CT molecular complexity index is 659. The lowest BCUT2D eigenvalue weighted by molar-refractivity contribution is 0.868. The molecule has 0 unspecified atom stereocenters. The van der Waals surface area contributed by atoms with Crippen LogP contribution in [0.2, 0.25) is 10.0 Å². The van der Waals surface area contributed by atoms with Crippen LogP contribution in [0, 0.1) is 6.92 Å². The van der Waals surface area contributed by atoms with E-state index >= 15 is 0 Å². The molecule has 0 atom stereocenters. The highest BCUT2D eigenvalue weighted by Crippen LogP contribution is 2.29. The number of hydrogen-bond acceptors (Lipinski definition) is 3. The third-order valence-electron chi connectivity index (χ3n) is 3.49. The molecular formula is C15H14Cl2N2S. The number of thioether (sulfide) groups is 1. The van der Waals surface area contributed by atoms with Gasteiger partial charge in [0.25, 0.3) is 0 Å². The molecule has 1 aromatic heterocycles. The van der Waals surface area contributed by atoms with Gasteiger partial charge in [0.05, 0.1) is 0 Å². The molecule has 1 aromatic carbocycles. The standard InChI is InChI=1S/C15H14Cl2N2S/c1-9-12-3-2-4-14(12)19-15(18-9)20-8-10-5-6-11(16)7-13(10)17/h5-7H,2-4,8H2,1H3. The van der Waals surface area contributed by atoms with Gasteiger partial charge in [0.15, 0.2) is 5.16 Å². The van der Waals surface area contributed by atoms with Gasteiger partial charge in [-0.15, -0.1) is 0 Å².